The largest absolute Gasteiger partial charge is 0.444 e. The van der Waals surface area contributed by atoms with Gasteiger partial charge >= 0.3 is 6.09 Å². The summed E-state index contributed by atoms with van der Waals surface area (Å²) in [5, 5.41) is 2.72. The molecule has 0 aliphatic heterocycles. The molecule has 1 atom stereocenters. The molecule has 0 aromatic heterocycles. The fraction of sp³-hybridized carbons (Fsp3) is 0.467. The van der Waals surface area contributed by atoms with E-state index >= 15 is 0 Å². The molecule has 21 heavy (non-hydrogen) atoms. The van der Waals surface area contributed by atoms with Gasteiger partial charge in [-0.25, -0.2) is 9.18 Å². The molecule has 0 aliphatic carbocycles. The van der Waals surface area contributed by atoms with E-state index in [1.54, 1.807) is 20.8 Å². The third-order valence-corrected chi connectivity index (χ3v) is 2.97. The van der Waals surface area contributed by atoms with E-state index in [0.29, 0.717) is 5.56 Å². The summed E-state index contributed by atoms with van der Waals surface area (Å²) in [6.45, 7) is 6.55. The molecule has 0 saturated heterocycles. The highest BCUT2D eigenvalue weighted by atomic mass is 35.5. The number of Topliss-reactive ketones (excluding diaryl/α,β-unsaturated/α-hetero) is 1. The molecule has 1 rings (SSSR count). The van der Waals surface area contributed by atoms with Crippen LogP contribution in [-0.2, 0) is 16.0 Å². The molecule has 116 valence electrons. The van der Waals surface area contributed by atoms with Crippen LogP contribution in [0, 0.1) is 5.82 Å². The maximum absolute atomic E-state index is 13.0. The predicted molar refractivity (Wildman–Crippen MR) is 79.0 cm³/mol. The quantitative estimate of drug-likeness (QED) is 0.925. The van der Waals surface area contributed by atoms with Gasteiger partial charge in [0.15, 0.2) is 5.78 Å². The summed E-state index contributed by atoms with van der Waals surface area (Å²) in [5.74, 6) is -0.690. The second kappa shape index (κ2) is 6.89. The van der Waals surface area contributed by atoms with Crippen LogP contribution in [0.25, 0.3) is 0 Å². The lowest BCUT2D eigenvalue weighted by molar-refractivity contribution is -0.119. The van der Waals surface area contributed by atoms with E-state index in [-0.39, 0.29) is 17.2 Å². The molecule has 4 nitrogen and oxygen atoms in total. The standard InChI is InChI=1S/C15H19ClFNO3/c1-9(19)13(18-14(20)21-15(2,3)4)7-10-5-6-11(17)8-12(10)16/h5-6,8,13H,7H2,1-4H3,(H,18,20). The Bertz CT molecular complexity index is 540. The number of ketones is 1. The van der Waals surface area contributed by atoms with Gasteiger partial charge in [0.1, 0.15) is 11.4 Å². The summed E-state index contributed by atoms with van der Waals surface area (Å²) in [7, 11) is 0. The number of hydrogen-bond donors (Lipinski definition) is 1. The summed E-state index contributed by atoms with van der Waals surface area (Å²) in [6.07, 6.45) is -0.505. The number of carbonyl (C=O) groups excluding carboxylic acids is 2. The van der Waals surface area contributed by atoms with Crippen LogP contribution in [0.3, 0.4) is 0 Å². The Balaban J connectivity index is 2.79. The van der Waals surface area contributed by atoms with Gasteiger partial charge in [0.2, 0.25) is 0 Å². The lowest BCUT2D eigenvalue weighted by Crippen LogP contribution is -2.43. The SMILES string of the molecule is CC(=O)C(Cc1ccc(F)cc1Cl)NC(=O)OC(C)(C)C. The number of carbonyl (C=O) groups is 2. The Kier molecular flexibility index (Phi) is 5.72. The van der Waals surface area contributed by atoms with Gasteiger partial charge in [-0.2, -0.15) is 0 Å². The smallest absolute Gasteiger partial charge is 0.408 e. The zero-order valence-electron chi connectivity index (χ0n) is 12.5. The molecule has 0 bridgehead atoms. The van der Waals surface area contributed by atoms with Crippen molar-refractivity contribution in [2.24, 2.45) is 0 Å². The molecule has 1 unspecified atom stereocenters. The van der Waals surface area contributed by atoms with Crippen LogP contribution in [0.5, 0.6) is 0 Å². The van der Waals surface area contributed by atoms with E-state index in [2.05, 4.69) is 5.32 Å². The lowest BCUT2D eigenvalue weighted by Gasteiger charge is -2.22. The predicted octanol–water partition coefficient (Wildman–Crippen LogP) is 3.50. The maximum atomic E-state index is 13.0. The minimum absolute atomic E-state index is 0.174. The van der Waals surface area contributed by atoms with Crippen LogP contribution in [0.1, 0.15) is 33.3 Å². The highest BCUT2D eigenvalue weighted by molar-refractivity contribution is 6.31. The summed E-state index contributed by atoms with van der Waals surface area (Å²) in [6, 6.07) is 3.14. The second-order valence-corrected chi connectivity index (χ2v) is 6.16. The molecule has 0 heterocycles. The average Bonchev–Trinajstić information content (AvgIpc) is 2.28. The number of hydrogen-bond acceptors (Lipinski definition) is 3. The van der Waals surface area contributed by atoms with E-state index in [0.717, 1.165) is 0 Å². The molecule has 0 aliphatic rings. The molecular formula is C15H19ClFNO3. The fourth-order valence-corrected chi connectivity index (χ4v) is 1.90. The second-order valence-electron chi connectivity index (χ2n) is 5.75. The molecule has 0 saturated carbocycles. The maximum Gasteiger partial charge on any atom is 0.408 e. The van der Waals surface area contributed by atoms with Gasteiger partial charge in [-0.1, -0.05) is 17.7 Å². The Hall–Kier alpha value is -1.62. The van der Waals surface area contributed by atoms with E-state index in [1.165, 1.54) is 25.1 Å². The van der Waals surface area contributed by atoms with Crippen LogP contribution in [0.4, 0.5) is 9.18 Å². The number of rotatable bonds is 4. The third kappa shape index (κ3) is 6.12. The van der Waals surface area contributed by atoms with Gasteiger partial charge in [0.05, 0.1) is 6.04 Å². The van der Waals surface area contributed by atoms with Crippen molar-refractivity contribution >= 4 is 23.5 Å². The highest BCUT2D eigenvalue weighted by Crippen LogP contribution is 2.19. The topological polar surface area (TPSA) is 55.4 Å². The number of amides is 1. The molecule has 1 amide bonds. The van der Waals surface area contributed by atoms with Crippen molar-refractivity contribution < 1.29 is 18.7 Å². The summed E-state index contributed by atoms with van der Waals surface area (Å²) in [5.41, 5.74) is -0.0757. The van der Waals surface area contributed by atoms with Crippen LogP contribution in [0.15, 0.2) is 18.2 Å². The third-order valence-electron chi connectivity index (χ3n) is 2.62. The molecule has 0 radical (unpaired) electrons. The Morgan fingerprint density at radius 1 is 1.38 bits per heavy atom. The Morgan fingerprint density at radius 2 is 2.00 bits per heavy atom. The fourth-order valence-electron chi connectivity index (χ4n) is 1.65. The minimum atomic E-state index is -0.775. The average molecular weight is 316 g/mol. The molecule has 1 aromatic carbocycles. The molecule has 0 spiro atoms. The van der Waals surface area contributed by atoms with Crippen LogP contribution >= 0.6 is 11.6 Å². The number of alkyl carbamates (subject to hydrolysis) is 1. The Labute approximate surface area is 128 Å². The van der Waals surface area contributed by atoms with Crippen LogP contribution in [0.2, 0.25) is 5.02 Å². The van der Waals surface area contributed by atoms with Crippen molar-refractivity contribution in [1.29, 1.82) is 0 Å². The van der Waals surface area contributed by atoms with E-state index in [9.17, 15) is 14.0 Å². The first kappa shape index (κ1) is 17.4. The molecular weight excluding hydrogens is 297 g/mol. The van der Waals surface area contributed by atoms with Gasteiger partial charge < -0.3 is 10.1 Å². The highest BCUT2D eigenvalue weighted by Gasteiger charge is 2.23. The Morgan fingerprint density at radius 3 is 2.48 bits per heavy atom. The number of halogens is 2. The van der Waals surface area contributed by atoms with Gasteiger partial charge in [0.25, 0.3) is 0 Å². The van der Waals surface area contributed by atoms with E-state index < -0.39 is 23.6 Å². The van der Waals surface area contributed by atoms with Crippen molar-refractivity contribution in [2.75, 3.05) is 0 Å². The van der Waals surface area contributed by atoms with Gasteiger partial charge in [-0.05, 0) is 45.4 Å². The first-order valence-electron chi connectivity index (χ1n) is 6.52. The molecule has 0 fully saturated rings. The van der Waals surface area contributed by atoms with Crippen LogP contribution < -0.4 is 5.32 Å². The van der Waals surface area contributed by atoms with Crippen molar-refractivity contribution in [1.82, 2.24) is 5.32 Å². The van der Waals surface area contributed by atoms with Crippen molar-refractivity contribution in [2.45, 2.75) is 45.8 Å². The van der Waals surface area contributed by atoms with E-state index in [1.807, 2.05) is 0 Å². The van der Waals surface area contributed by atoms with Crippen LogP contribution in [-0.4, -0.2) is 23.5 Å². The van der Waals surface area contributed by atoms with Crippen molar-refractivity contribution in [3.63, 3.8) is 0 Å². The molecule has 6 heteroatoms. The van der Waals surface area contributed by atoms with Crippen molar-refractivity contribution in [3.05, 3.63) is 34.6 Å². The number of ether oxygens (including phenoxy) is 1. The van der Waals surface area contributed by atoms with Crippen molar-refractivity contribution in [3.8, 4) is 0 Å². The monoisotopic (exact) mass is 315 g/mol. The van der Waals surface area contributed by atoms with Gasteiger partial charge in [-0.15, -0.1) is 0 Å². The lowest BCUT2D eigenvalue weighted by atomic mass is 10.0. The normalized spacial score (nSPS) is 12.7. The first-order chi connectivity index (χ1) is 9.58. The number of nitrogens with one attached hydrogen (secondary N) is 1. The first-order valence-corrected chi connectivity index (χ1v) is 6.90. The summed E-state index contributed by atoms with van der Waals surface area (Å²) in [4.78, 5) is 23.4. The minimum Gasteiger partial charge on any atom is -0.444 e. The zero-order valence-corrected chi connectivity index (χ0v) is 13.3. The zero-order chi connectivity index (χ0) is 16.2. The van der Waals surface area contributed by atoms with Gasteiger partial charge in [-0.3, -0.25) is 4.79 Å². The summed E-state index contributed by atoms with van der Waals surface area (Å²) >= 11 is 5.93. The van der Waals surface area contributed by atoms with Gasteiger partial charge in [0, 0.05) is 11.4 Å². The summed E-state index contributed by atoms with van der Waals surface area (Å²) < 4.78 is 18.1. The molecule has 1 N–H and O–H groups in total. The van der Waals surface area contributed by atoms with E-state index in [4.69, 9.17) is 16.3 Å². The number of benzene rings is 1. The molecule has 1 aromatic rings.